The lowest BCUT2D eigenvalue weighted by Crippen LogP contribution is -2.12. The molecule has 5 heteroatoms. The van der Waals surface area contributed by atoms with E-state index in [2.05, 4.69) is 9.97 Å². The monoisotopic (exact) mass is 285 g/mol. The summed E-state index contributed by atoms with van der Waals surface area (Å²) in [6.45, 7) is 1.96. The summed E-state index contributed by atoms with van der Waals surface area (Å²) in [5, 5.41) is 0.527. The van der Waals surface area contributed by atoms with E-state index < -0.39 is 0 Å². The van der Waals surface area contributed by atoms with E-state index >= 15 is 0 Å². The molecule has 1 aromatic heterocycles. The highest BCUT2D eigenvalue weighted by Crippen LogP contribution is 2.25. The van der Waals surface area contributed by atoms with E-state index in [9.17, 15) is 4.79 Å². The number of aromatic amines is 1. The summed E-state index contributed by atoms with van der Waals surface area (Å²) in [6, 6.07) is 10.7. The topological polar surface area (TPSA) is 71.8 Å². The van der Waals surface area contributed by atoms with Gasteiger partial charge in [0.15, 0.2) is 0 Å². The second-order valence-corrected chi connectivity index (χ2v) is 5.10. The van der Waals surface area contributed by atoms with Crippen molar-refractivity contribution in [1.82, 2.24) is 9.97 Å². The molecule has 1 heterocycles. The molecule has 0 radical (unpaired) electrons. The smallest absolute Gasteiger partial charge is 0.275 e. The Bertz CT molecular complexity index is 871. The number of H-pyrrole nitrogens is 1. The number of benzene rings is 2. The summed E-state index contributed by atoms with van der Waals surface area (Å²) in [7, 11) is 0. The van der Waals surface area contributed by atoms with Gasteiger partial charge in [-0.3, -0.25) is 4.79 Å². The van der Waals surface area contributed by atoms with E-state index in [1.54, 1.807) is 18.2 Å². The molecule has 0 atom stereocenters. The van der Waals surface area contributed by atoms with Gasteiger partial charge < -0.3 is 10.7 Å². The van der Waals surface area contributed by atoms with Crippen molar-refractivity contribution in [2.75, 3.05) is 5.73 Å². The molecule has 0 amide bonds. The molecule has 0 aliphatic heterocycles. The van der Waals surface area contributed by atoms with Crippen LogP contribution in [0.3, 0.4) is 0 Å². The van der Waals surface area contributed by atoms with Gasteiger partial charge >= 0.3 is 0 Å². The molecule has 0 bridgehead atoms. The molecular weight excluding hydrogens is 274 g/mol. The summed E-state index contributed by atoms with van der Waals surface area (Å²) in [5.41, 5.74) is 9.46. The number of hydrogen-bond acceptors (Lipinski definition) is 3. The summed E-state index contributed by atoms with van der Waals surface area (Å²) in [4.78, 5) is 19.4. The number of aryl methyl sites for hydroxylation is 1. The molecule has 3 N–H and O–H groups in total. The molecule has 0 unspecified atom stereocenters. The Morgan fingerprint density at radius 1 is 1.20 bits per heavy atom. The number of anilines is 1. The largest absolute Gasteiger partial charge is 0.398 e. The van der Waals surface area contributed by atoms with E-state index in [0.29, 0.717) is 27.5 Å². The fourth-order valence-corrected chi connectivity index (χ4v) is 2.31. The molecule has 0 aliphatic carbocycles. The van der Waals surface area contributed by atoms with E-state index in [1.165, 1.54) is 0 Å². The molecule has 0 spiro atoms. The zero-order valence-electron chi connectivity index (χ0n) is 10.8. The van der Waals surface area contributed by atoms with Crippen molar-refractivity contribution < 1.29 is 0 Å². The molecule has 0 fully saturated rings. The molecular formula is C15H12ClN3O. The molecule has 3 aromatic rings. The van der Waals surface area contributed by atoms with Gasteiger partial charge in [0.25, 0.3) is 5.56 Å². The minimum Gasteiger partial charge on any atom is -0.398 e. The first kappa shape index (κ1) is 12.7. The molecule has 3 rings (SSSR count). The van der Waals surface area contributed by atoms with Crippen LogP contribution >= 0.6 is 11.6 Å². The highest BCUT2D eigenvalue weighted by Gasteiger charge is 2.11. The average Bonchev–Trinajstić information content (AvgIpc) is 2.38. The Hall–Kier alpha value is -2.33. The maximum atomic E-state index is 12.2. The van der Waals surface area contributed by atoms with Gasteiger partial charge in [-0.1, -0.05) is 17.7 Å². The van der Waals surface area contributed by atoms with Gasteiger partial charge in [0.1, 0.15) is 5.69 Å². The zero-order valence-corrected chi connectivity index (χ0v) is 11.5. The zero-order chi connectivity index (χ0) is 14.3. The molecule has 2 aromatic carbocycles. The number of nitrogens with zero attached hydrogens (tertiary/aromatic N) is 1. The minimum absolute atomic E-state index is 0.267. The number of nitrogens with two attached hydrogens (primary N) is 1. The van der Waals surface area contributed by atoms with Crippen LogP contribution in [0.25, 0.3) is 22.3 Å². The third-order valence-corrected chi connectivity index (χ3v) is 3.35. The van der Waals surface area contributed by atoms with Crippen LogP contribution in [-0.2, 0) is 0 Å². The van der Waals surface area contributed by atoms with Crippen molar-refractivity contribution in [3.63, 3.8) is 0 Å². The maximum Gasteiger partial charge on any atom is 0.275 e. The van der Waals surface area contributed by atoms with Gasteiger partial charge in [0.2, 0.25) is 0 Å². The first-order valence-electron chi connectivity index (χ1n) is 6.11. The Kier molecular flexibility index (Phi) is 2.95. The highest BCUT2D eigenvalue weighted by atomic mass is 35.5. The van der Waals surface area contributed by atoms with Crippen LogP contribution in [0.5, 0.6) is 0 Å². The highest BCUT2D eigenvalue weighted by molar-refractivity contribution is 6.31. The normalized spacial score (nSPS) is 10.9. The number of hydrogen-bond donors (Lipinski definition) is 2. The van der Waals surface area contributed by atoms with Gasteiger partial charge in [-0.15, -0.1) is 0 Å². The molecule has 0 aliphatic rings. The van der Waals surface area contributed by atoms with E-state index in [4.69, 9.17) is 17.3 Å². The third-order valence-electron chi connectivity index (χ3n) is 3.12. The lowest BCUT2D eigenvalue weighted by Gasteiger charge is -2.06. The van der Waals surface area contributed by atoms with E-state index in [1.807, 2.05) is 25.1 Å². The summed E-state index contributed by atoms with van der Waals surface area (Å²) >= 11 is 5.87. The van der Waals surface area contributed by atoms with Crippen LogP contribution in [0.1, 0.15) is 5.56 Å². The predicted molar refractivity (Wildman–Crippen MR) is 82.0 cm³/mol. The molecule has 4 nitrogen and oxygen atoms in total. The lowest BCUT2D eigenvalue weighted by atomic mass is 10.1. The lowest BCUT2D eigenvalue weighted by molar-refractivity contribution is 1.22. The number of nitrogen functional groups attached to an aromatic ring is 1. The second-order valence-electron chi connectivity index (χ2n) is 4.67. The Balaban J connectivity index is 2.28. The Morgan fingerprint density at radius 3 is 2.75 bits per heavy atom. The van der Waals surface area contributed by atoms with Crippen LogP contribution in [0.15, 0.2) is 41.2 Å². The van der Waals surface area contributed by atoms with Crippen LogP contribution in [0.2, 0.25) is 5.02 Å². The average molecular weight is 286 g/mol. The van der Waals surface area contributed by atoms with E-state index in [0.717, 1.165) is 11.1 Å². The van der Waals surface area contributed by atoms with Crippen molar-refractivity contribution in [2.45, 2.75) is 6.92 Å². The van der Waals surface area contributed by atoms with Crippen molar-refractivity contribution in [1.29, 1.82) is 0 Å². The van der Waals surface area contributed by atoms with Gasteiger partial charge in [-0.25, -0.2) is 4.98 Å². The van der Waals surface area contributed by atoms with E-state index in [-0.39, 0.29) is 5.56 Å². The van der Waals surface area contributed by atoms with Gasteiger partial charge in [-0.2, -0.15) is 0 Å². The number of rotatable bonds is 1. The quantitative estimate of drug-likeness (QED) is 0.675. The summed E-state index contributed by atoms with van der Waals surface area (Å²) in [6.07, 6.45) is 0. The predicted octanol–water partition coefficient (Wildman–Crippen LogP) is 3.13. The molecule has 0 saturated heterocycles. The van der Waals surface area contributed by atoms with Crippen molar-refractivity contribution in [2.24, 2.45) is 0 Å². The first-order chi connectivity index (χ1) is 9.54. The number of aromatic nitrogens is 2. The minimum atomic E-state index is -0.267. The SMILES string of the molecule is Cc1ccc2nc(-c3ccc(Cl)cc3N)c(=O)[nH]c2c1. The summed E-state index contributed by atoms with van der Waals surface area (Å²) in [5.74, 6) is 0. The van der Waals surface area contributed by atoms with Crippen LogP contribution in [0, 0.1) is 6.92 Å². The number of halogens is 1. The Labute approximate surface area is 120 Å². The van der Waals surface area contributed by atoms with Crippen molar-refractivity contribution >= 4 is 28.3 Å². The maximum absolute atomic E-state index is 12.2. The number of nitrogens with one attached hydrogen (secondary N) is 1. The van der Waals surface area contributed by atoms with Crippen LogP contribution < -0.4 is 11.3 Å². The molecule has 100 valence electrons. The number of fused-ring (bicyclic) bond motifs is 1. The Morgan fingerprint density at radius 2 is 2.00 bits per heavy atom. The fraction of sp³-hybridized carbons (Fsp3) is 0.0667. The standard InChI is InChI=1S/C15H12ClN3O/c1-8-2-5-12-13(6-8)19-15(20)14(18-12)10-4-3-9(16)7-11(10)17/h2-7H,17H2,1H3,(H,19,20). The third kappa shape index (κ3) is 2.14. The molecule has 20 heavy (non-hydrogen) atoms. The fourth-order valence-electron chi connectivity index (χ4n) is 2.13. The van der Waals surface area contributed by atoms with Crippen molar-refractivity contribution in [3.8, 4) is 11.3 Å². The van der Waals surface area contributed by atoms with Gasteiger partial charge in [0.05, 0.1) is 11.0 Å². The summed E-state index contributed by atoms with van der Waals surface area (Å²) < 4.78 is 0. The second kappa shape index (κ2) is 4.65. The van der Waals surface area contributed by atoms with Gasteiger partial charge in [-0.05, 0) is 42.8 Å². The molecule has 0 saturated carbocycles. The van der Waals surface area contributed by atoms with Crippen molar-refractivity contribution in [3.05, 3.63) is 57.3 Å². The van der Waals surface area contributed by atoms with Crippen LogP contribution in [-0.4, -0.2) is 9.97 Å². The first-order valence-corrected chi connectivity index (χ1v) is 6.48. The van der Waals surface area contributed by atoms with Crippen LogP contribution in [0.4, 0.5) is 5.69 Å². The van der Waals surface area contributed by atoms with Gasteiger partial charge in [0, 0.05) is 16.3 Å².